The molecule has 2 N–H and O–H groups in total. The Morgan fingerprint density at radius 3 is 2.23 bits per heavy atom. The van der Waals surface area contributed by atoms with Crippen molar-refractivity contribution in [1.82, 2.24) is 10.9 Å². The van der Waals surface area contributed by atoms with Crippen molar-refractivity contribution in [1.29, 1.82) is 0 Å². The Labute approximate surface area is 172 Å². The van der Waals surface area contributed by atoms with Crippen LogP contribution in [0.1, 0.15) is 41.0 Å². The smallest absolute Gasteiger partial charge is 0.305 e. The number of nitro groups is 1. The number of nitrogens with one attached hydrogen (secondary N) is 2. The van der Waals surface area contributed by atoms with Gasteiger partial charge >= 0.3 is 5.69 Å². The highest BCUT2D eigenvalue weighted by Gasteiger charge is 2.18. The third-order valence-electron chi connectivity index (χ3n) is 4.07. The van der Waals surface area contributed by atoms with Crippen LogP contribution in [0.15, 0.2) is 36.4 Å². The van der Waals surface area contributed by atoms with Crippen molar-refractivity contribution >= 4 is 17.5 Å². The molecule has 2 aromatic carbocycles. The maximum atomic E-state index is 13.4. The fraction of sp³-hybridized carbons (Fsp3) is 0.300. The molecule has 0 spiro atoms. The number of hydrogen-bond acceptors (Lipinski definition) is 6. The number of rotatable bonds is 8. The first kappa shape index (κ1) is 22.6. The standard InChI is InChI=1S/C20H22FN3O6/c1-12(2)8-9-30-17-7-5-14(11-18(17)29-3)20(26)23-22-19(25)13-4-6-15(21)16(10-13)24(27)28/h4-7,10-12H,8-9H2,1-3H3,(H,22,25)(H,23,26). The summed E-state index contributed by atoms with van der Waals surface area (Å²) in [5.41, 5.74) is 3.48. The highest BCUT2D eigenvalue weighted by atomic mass is 19.1. The van der Waals surface area contributed by atoms with E-state index in [0.717, 1.165) is 24.6 Å². The minimum Gasteiger partial charge on any atom is -0.493 e. The fourth-order valence-corrected chi connectivity index (χ4v) is 2.38. The van der Waals surface area contributed by atoms with Crippen molar-refractivity contribution in [2.45, 2.75) is 20.3 Å². The summed E-state index contributed by atoms with van der Waals surface area (Å²) in [6, 6.07) is 7.18. The fourth-order valence-electron chi connectivity index (χ4n) is 2.38. The van der Waals surface area contributed by atoms with Gasteiger partial charge in [-0.1, -0.05) is 13.8 Å². The van der Waals surface area contributed by atoms with E-state index in [2.05, 4.69) is 24.7 Å². The lowest BCUT2D eigenvalue weighted by Gasteiger charge is -2.13. The van der Waals surface area contributed by atoms with E-state index in [1.165, 1.54) is 19.2 Å². The molecule has 160 valence electrons. The minimum absolute atomic E-state index is 0.185. The Morgan fingerprint density at radius 1 is 1.07 bits per heavy atom. The summed E-state index contributed by atoms with van der Waals surface area (Å²) in [4.78, 5) is 34.2. The summed E-state index contributed by atoms with van der Waals surface area (Å²) in [6.45, 7) is 4.65. The van der Waals surface area contributed by atoms with Crippen molar-refractivity contribution in [3.63, 3.8) is 0 Å². The average Bonchev–Trinajstić information content (AvgIpc) is 2.71. The number of ether oxygens (including phenoxy) is 2. The number of carbonyl (C=O) groups is 2. The summed E-state index contributed by atoms with van der Waals surface area (Å²) < 4.78 is 24.3. The Balaban J connectivity index is 2.03. The van der Waals surface area contributed by atoms with Crippen LogP contribution < -0.4 is 20.3 Å². The van der Waals surface area contributed by atoms with E-state index < -0.39 is 28.2 Å². The van der Waals surface area contributed by atoms with Gasteiger partial charge in [0.15, 0.2) is 11.5 Å². The molecule has 0 radical (unpaired) electrons. The molecule has 2 rings (SSSR count). The highest BCUT2D eigenvalue weighted by molar-refractivity contribution is 5.99. The zero-order chi connectivity index (χ0) is 22.3. The maximum absolute atomic E-state index is 13.4. The van der Waals surface area contributed by atoms with Gasteiger partial charge < -0.3 is 9.47 Å². The van der Waals surface area contributed by atoms with E-state index in [9.17, 15) is 24.1 Å². The number of halogens is 1. The number of amides is 2. The van der Waals surface area contributed by atoms with Crippen molar-refractivity contribution < 1.29 is 28.4 Å². The highest BCUT2D eigenvalue weighted by Crippen LogP contribution is 2.28. The van der Waals surface area contributed by atoms with Crippen molar-refractivity contribution in [3.8, 4) is 11.5 Å². The van der Waals surface area contributed by atoms with Crippen LogP contribution >= 0.6 is 0 Å². The van der Waals surface area contributed by atoms with Crippen LogP contribution in [0.3, 0.4) is 0 Å². The zero-order valence-electron chi connectivity index (χ0n) is 16.7. The second-order valence-electron chi connectivity index (χ2n) is 6.73. The lowest BCUT2D eigenvalue weighted by molar-refractivity contribution is -0.387. The SMILES string of the molecule is COc1cc(C(=O)NNC(=O)c2ccc(F)c([N+](=O)[O-])c2)ccc1OCCC(C)C. The molecule has 0 fully saturated rings. The third-order valence-corrected chi connectivity index (χ3v) is 4.07. The van der Waals surface area contributed by atoms with Gasteiger partial charge in [0, 0.05) is 17.2 Å². The zero-order valence-corrected chi connectivity index (χ0v) is 16.7. The van der Waals surface area contributed by atoms with Gasteiger partial charge in [-0.05, 0) is 42.7 Å². The molecular formula is C20H22FN3O6. The van der Waals surface area contributed by atoms with Crippen molar-refractivity contribution in [2.24, 2.45) is 5.92 Å². The summed E-state index contributed by atoms with van der Waals surface area (Å²) in [7, 11) is 1.44. The van der Waals surface area contributed by atoms with E-state index >= 15 is 0 Å². The van der Waals surface area contributed by atoms with Gasteiger partial charge in [0.1, 0.15) is 0 Å². The van der Waals surface area contributed by atoms with Gasteiger partial charge in [-0.25, -0.2) is 0 Å². The molecule has 2 amide bonds. The number of hydrogen-bond donors (Lipinski definition) is 2. The molecule has 0 aromatic heterocycles. The molecule has 0 unspecified atom stereocenters. The molecule has 30 heavy (non-hydrogen) atoms. The number of nitro benzene ring substituents is 1. The van der Waals surface area contributed by atoms with Gasteiger partial charge in [0.05, 0.1) is 18.6 Å². The largest absolute Gasteiger partial charge is 0.493 e. The molecule has 0 aliphatic carbocycles. The van der Waals surface area contributed by atoms with Crippen LogP contribution in [0.4, 0.5) is 10.1 Å². The molecule has 0 aliphatic rings. The lowest BCUT2D eigenvalue weighted by Crippen LogP contribution is -2.41. The van der Waals surface area contributed by atoms with Gasteiger partial charge in [-0.3, -0.25) is 30.6 Å². The molecule has 9 nitrogen and oxygen atoms in total. The Kier molecular flexibility index (Phi) is 7.68. The maximum Gasteiger partial charge on any atom is 0.305 e. The summed E-state index contributed by atoms with van der Waals surface area (Å²) in [6.07, 6.45) is 0.860. The molecule has 0 saturated heterocycles. The summed E-state index contributed by atoms with van der Waals surface area (Å²) in [5, 5.41) is 10.8. The number of nitrogens with zero attached hydrogens (tertiary/aromatic N) is 1. The van der Waals surface area contributed by atoms with Crippen molar-refractivity contribution in [2.75, 3.05) is 13.7 Å². The molecule has 0 heterocycles. The molecule has 2 aromatic rings. The topological polar surface area (TPSA) is 120 Å². The Morgan fingerprint density at radius 2 is 1.67 bits per heavy atom. The lowest BCUT2D eigenvalue weighted by atomic mass is 10.1. The Hall–Kier alpha value is -3.69. The number of hydrazine groups is 1. The molecule has 0 saturated carbocycles. The summed E-state index contributed by atoms with van der Waals surface area (Å²) in [5.74, 6) is -1.24. The monoisotopic (exact) mass is 419 g/mol. The van der Waals surface area contributed by atoms with E-state index in [1.807, 2.05) is 0 Å². The Bertz CT molecular complexity index is 948. The van der Waals surface area contributed by atoms with Crippen LogP contribution in [-0.4, -0.2) is 30.5 Å². The van der Waals surface area contributed by atoms with Crippen LogP contribution in [0.25, 0.3) is 0 Å². The van der Waals surface area contributed by atoms with Gasteiger partial charge in [-0.15, -0.1) is 0 Å². The second-order valence-corrected chi connectivity index (χ2v) is 6.73. The molecule has 0 atom stereocenters. The van der Waals surface area contributed by atoms with Crippen LogP contribution in [0.5, 0.6) is 11.5 Å². The van der Waals surface area contributed by atoms with E-state index in [0.29, 0.717) is 24.0 Å². The third kappa shape index (κ3) is 5.90. The number of carbonyl (C=O) groups excluding carboxylic acids is 2. The summed E-state index contributed by atoms with van der Waals surface area (Å²) >= 11 is 0. The van der Waals surface area contributed by atoms with Crippen molar-refractivity contribution in [3.05, 3.63) is 63.5 Å². The molecular weight excluding hydrogens is 397 g/mol. The first-order chi connectivity index (χ1) is 14.2. The predicted octanol–water partition coefficient (Wildman–Crippen LogP) is 3.24. The van der Waals surface area contributed by atoms with E-state index in [-0.39, 0.29) is 11.1 Å². The van der Waals surface area contributed by atoms with Gasteiger partial charge in [0.2, 0.25) is 5.82 Å². The molecule has 0 bridgehead atoms. The number of benzene rings is 2. The van der Waals surface area contributed by atoms with E-state index in [4.69, 9.17) is 9.47 Å². The van der Waals surface area contributed by atoms with Crippen LogP contribution in [0, 0.1) is 21.8 Å². The number of methoxy groups -OCH3 is 1. The quantitative estimate of drug-likeness (QED) is 0.501. The molecule has 10 heteroatoms. The van der Waals surface area contributed by atoms with Gasteiger partial charge in [0.25, 0.3) is 11.8 Å². The average molecular weight is 419 g/mol. The predicted molar refractivity (Wildman–Crippen MR) is 106 cm³/mol. The first-order valence-electron chi connectivity index (χ1n) is 9.08. The second kappa shape index (κ2) is 10.2. The van der Waals surface area contributed by atoms with Crippen LogP contribution in [-0.2, 0) is 0 Å². The minimum atomic E-state index is -1.07. The normalized spacial score (nSPS) is 10.4. The van der Waals surface area contributed by atoms with Crippen LogP contribution in [0.2, 0.25) is 0 Å². The van der Waals surface area contributed by atoms with E-state index in [1.54, 1.807) is 6.07 Å². The molecule has 0 aliphatic heterocycles. The van der Waals surface area contributed by atoms with Gasteiger partial charge in [-0.2, -0.15) is 4.39 Å². The first-order valence-corrected chi connectivity index (χ1v) is 9.08.